The van der Waals surface area contributed by atoms with Gasteiger partial charge in [0.1, 0.15) is 17.4 Å². The zero-order valence-electron chi connectivity index (χ0n) is 15.9. The summed E-state index contributed by atoms with van der Waals surface area (Å²) in [6, 6.07) is 4.39. The predicted molar refractivity (Wildman–Crippen MR) is 99.8 cm³/mol. The van der Waals surface area contributed by atoms with E-state index < -0.39 is 12.1 Å². The summed E-state index contributed by atoms with van der Waals surface area (Å²) in [6.07, 6.45) is 2.58. The lowest BCUT2D eigenvalue weighted by Gasteiger charge is -2.44. The second-order valence-corrected chi connectivity index (χ2v) is 7.82. The van der Waals surface area contributed by atoms with Crippen molar-refractivity contribution in [2.75, 3.05) is 13.2 Å². The summed E-state index contributed by atoms with van der Waals surface area (Å²) in [6.45, 7) is 3.27. The predicted octanol–water partition coefficient (Wildman–Crippen LogP) is 1.47. The van der Waals surface area contributed by atoms with Gasteiger partial charge in [0, 0.05) is 31.2 Å². The van der Waals surface area contributed by atoms with E-state index in [-0.39, 0.29) is 36.3 Å². The van der Waals surface area contributed by atoms with Gasteiger partial charge >= 0.3 is 6.03 Å². The largest absolute Gasteiger partial charge is 0.487 e. The molecule has 3 heterocycles. The number of imide groups is 1. The lowest BCUT2D eigenvalue weighted by Crippen LogP contribution is -2.52. The van der Waals surface area contributed by atoms with E-state index in [9.17, 15) is 14.4 Å². The van der Waals surface area contributed by atoms with Gasteiger partial charge in [-0.2, -0.15) is 0 Å². The van der Waals surface area contributed by atoms with E-state index >= 15 is 0 Å². The van der Waals surface area contributed by atoms with E-state index in [1.165, 1.54) is 0 Å². The van der Waals surface area contributed by atoms with Crippen molar-refractivity contribution < 1.29 is 23.9 Å². The highest BCUT2D eigenvalue weighted by Gasteiger charge is 2.43. The molecule has 0 saturated carbocycles. The Bertz CT molecular complexity index is 803. The SMILES string of the molecule is Cc1ccc2c(c1)C(NC(=O)C1CCC(=O)NC(=O)N1)CC1(CCOCC1)O2. The minimum Gasteiger partial charge on any atom is -0.487 e. The molecule has 3 aliphatic rings. The lowest BCUT2D eigenvalue weighted by atomic mass is 9.81. The maximum atomic E-state index is 12.9. The number of urea groups is 1. The van der Waals surface area contributed by atoms with E-state index in [4.69, 9.17) is 9.47 Å². The van der Waals surface area contributed by atoms with Crippen LogP contribution in [0.25, 0.3) is 0 Å². The summed E-state index contributed by atoms with van der Waals surface area (Å²) in [5.41, 5.74) is 1.67. The fourth-order valence-corrected chi connectivity index (χ4v) is 4.17. The fourth-order valence-electron chi connectivity index (χ4n) is 4.17. The molecule has 3 N–H and O–H groups in total. The van der Waals surface area contributed by atoms with Gasteiger partial charge in [-0.15, -0.1) is 0 Å². The van der Waals surface area contributed by atoms with Crippen LogP contribution in [0.5, 0.6) is 5.75 Å². The molecule has 2 atom stereocenters. The molecule has 0 aliphatic carbocycles. The molecule has 8 heteroatoms. The number of hydrogen-bond acceptors (Lipinski definition) is 5. The third-order valence-electron chi connectivity index (χ3n) is 5.70. The number of amides is 4. The Morgan fingerprint density at radius 1 is 1.25 bits per heavy atom. The molecule has 2 saturated heterocycles. The summed E-state index contributed by atoms with van der Waals surface area (Å²) < 4.78 is 11.9. The van der Waals surface area contributed by atoms with Crippen molar-refractivity contribution in [1.82, 2.24) is 16.0 Å². The van der Waals surface area contributed by atoms with Crippen LogP contribution in [0.4, 0.5) is 4.79 Å². The molecule has 2 unspecified atom stereocenters. The molecule has 2 fully saturated rings. The number of ether oxygens (including phenoxy) is 2. The van der Waals surface area contributed by atoms with Crippen molar-refractivity contribution in [2.45, 2.75) is 56.7 Å². The molecule has 150 valence electrons. The summed E-state index contributed by atoms with van der Waals surface area (Å²) in [4.78, 5) is 36.2. The van der Waals surface area contributed by atoms with E-state index in [0.717, 1.165) is 29.7 Å². The second kappa shape index (κ2) is 7.43. The Morgan fingerprint density at radius 2 is 2.04 bits per heavy atom. The van der Waals surface area contributed by atoms with Gasteiger partial charge in [-0.25, -0.2) is 4.79 Å². The van der Waals surface area contributed by atoms with Crippen LogP contribution in [0.2, 0.25) is 0 Å². The normalized spacial score (nSPS) is 26.3. The van der Waals surface area contributed by atoms with E-state index in [0.29, 0.717) is 19.6 Å². The van der Waals surface area contributed by atoms with E-state index in [1.54, 1.807) is 0 Å². The molecular formula is C20H25N3O5. The number of carbonyl (C=O) groups excluding carboxylic acids is 3. The lowest BCUT2D eigenvalue weighted by molar-refractivity contribution is -0.125. The van der Waals surface area contributed by atoms with Gasteiger partial charge in [0.25, 0.3) is 0 Å². The molecule has 4 rings (SSSR count). The zero-order valence-corrected chi connectivity index (χ0v) is 15.9. The number of nitrogens with one attached hydrogen (secondary N) is 3. The number of carbonyl (C=O) groups is 3. The Labute approximate surface area is 163 Å². The standard InChI is InChI=1S/C20H25N3O5/c1-12-2-4-16-13(10-12)15(11-20(28-16)6-8-27-9-7-20)21-18(25)14-3-5-17(24)23-19(26)22-14/h2,4,10,14-15H,3,5-9,11H2,1H3,(H,21,25)(H2,22,23,24,26). The average Bonchev–Trinajstić information content (AvgIpc) is 2.83. The van der Waals surface area contributed by atoms with Crippen LogP contribution in [0, 0.1) is 6.92 Å². The highest BCUT2D eigenvalue weighted by molar-refractivity contribution is 5.98. The quantitative estimate of drug-likeness (QED) is 0.713. The van der Waals surface area contributed by atoms with E-state index in [1.807, 2.05) is 25.1 Å². The Balaban J connectivity index is 1.56. The Hall–Kier alpha value is -2.61. The zero-order chi connectivity index (χ0) is 19.7. The average molecular weight is 387 g/mol. The third kappa shape index (κ3) is 3.82. The van der Waals surface area contributed by atoms with Crippen LogP contribution >= 0.6 is 0 Å². The molecule has 1 aromatic carbocycles. The van der Waals surface area contributed by atoms with Crippen molar-refractivity contribution in [2.24, 2.45) is 0 Å². The summed E-state index contributed by atoms with van der Waals surface area (Å²) in [5.74, 6) is 0.123. The van der Waals surface area contributed by atoms with Crippen molar-refractivity contribution in [1.29, 1.82) is 0 Å². The number of hydrogen-bond donors (Lipinski definition) is 3. The van der Waals surface area contributed by atoms with Crippen LogP contribution in [0.15, 0.2) is 18.2 Å². The van der Waals surface area contributed by atoms with E-state index in [2.05, 4.69) is 16.0 Å². The first kappa shape index (κ1) is 18.7. The molecule has 1 spiro atoms. The smallest absolute Gasteiger partial charge is 0.322 e. The van der Waals surface area contributed by atoms with Crippen LogP contribution in [0.3, 0.4) is 0 Å². The maximum absolute atomic E-state index is 12.9. The molecular weight excluding hydrogens is 362 g/mol. The fraction of sp³-hybridized carbons (Fsp3) is 0.550. The first-order chi connectivity index (χ1) is 13.4. The first-order valence-corrected chi connectivity index (χ1v) is 9.72. The van der Waals surface area contributed by atoms with Crippen LogP contribution < -0.4 is 20.7 Å². The van der Waals surface area contributed by atoms with Crippen molar-refractivity contribution in [3.63, 3.8) is 0 Å². The topological polar surface area (TPSA) is 106 Å². The highest BCUT2D eigenvalue weighted by atomic mass is 16.5. The Morgan fingerprint density at radius 3 is 2.82 bits per heavy atom. The Kier molecular flexibility index (Phi) is 4.97. The summed E-state index contributed by atoms with van der Waals surface area (Å²) in [5, 5.41) is 7.86. The van der Waals surface area contributed by atoms with Gasteiger partial charge in [-0.1, -0.05) is 17.7 Å². The molecule has 0 bridgehead atoms. The maximum Gasteiger partial charge on any atom is 0.322 e. The highest BCUT2D eigenvalue weighted by Crippen LogP contribution is 2.44. The van der Waals surface area contributed by atoms with Crippen LogP contribution in [-0.2, 0) is 14.3 Å². The number of rotatable bonds is 2. The minimum atomic E-state index is -0.742. The van der Waals surface area contributed by atoms with Gasteiger partial charge in [0.15, 0.2) is 0 Å². The monoisotopic (exact) mass is 387 g/mol. The van der Waals surface area contributed by atoms with Gasteiger partial charge in [-0.05, 0) is 19.4 Å². The number of benzene rings is 1. The van der Waals surface area contributed by atoms with Crippen molar-refractivity contribution >= 4 is 17.8 Å². The first-order valence-electron chi connectivity index (χ1n) is 9.72. The second-order valence-electron chi connectivity index (χ2n) is 7.82. The molecule has 3 aliphatic heterocycles. The third-order valence-corrected chi connectivity index (χ3v) is 5.70. The van der Waals surface area contributed by atoms with Gasteiger partial charge in [-0.3, -0.25) is 14.9 Å². The summed E-state index contributed by atoms with van der Waals surface area (Å²) in [7, 11) is 0. The molecule has 28 heavy (non-hydrogen) atoms. The minimum absolute atomic E-state index is 0.127. The number of fused-ring (bicyclic) bond motifs is 1. The molecule has 0 aromatic heterocycles. The van der Waals surface area contributed by atoms with Crippen molar-refractivity contribution in [3.05, 3.63) is 29.3 Å². The van der Waals surface area contributed by atoms with Crippen LogP contribution in [-0.4, -0.2) is 42.7 Å². The molecule has 1 aromatic rings. The number of aryl methyl sites for hydroxylation is 1. The molecule has 4 amide bonds. The summed E-state index contributed by atoms with van der Waals surface area (Å²) >= 11 is 0. The molecule has 8 nitrogen and oxygen atoms in total. The molecule has 0 radical (unpaired) electrons. The van der Waals surface area contributed by atoms with Crippen molar-refractivity contribution in [3.8, 4) is 5.75 Å². The van der Waals surface area contributed by atoms with Gasteiger partial charge in [0.2, 0.25) is 11.8 Å². The van der Waals surface area contributed by atoms with Gasteiger partial charge < -0.3 is 20.1 Å². The van der Waals surface area contributed by atoms with Crippen LogP contribution in [0.1, 0.15) is 49.3 Å². The van der Waals surface area contributed by atoms with Gasteiger partial charge in [0.05, 0.1) is 19.3 Å².